The molecule has 1 saturated carbocycles. The number of nitrogens with zero attached hydrogens (tertiary/aromatic N) is 1. The molecule has 1 aliphatic carbocycles. The van der Waals surface area contributed by atoms with Gasteiger partial charge in [0.15, 0.2) is 0 Å². The zero-order valence-corrected chi connectivity index (χ0v) is 11.1. The van der Waals surface area contributed by atoms with Gasteiger partial charge in [-0.1, -0.05) is 33.3 Å². The Bertz CT molecular complexity index is 362. The highest BCUT2D eigenvalue weighted by Gasteiger charge is 2.44. The summed E-state index contributed by atoms with van der Waals surface area (Å²) in [4.78, 5) is 4.39. The van der Waals surface area contributed by atoms with Gasteiger partial charge in [-0.2, -0.15) is 0 Å². The number of hydrogen-bond acceptors (Lipinski definition) is 2. The molecule has 0 unspecified atom stereocenters. The molecule has 1 heterocycles. The summed E-state index contributed by atoms with van der Waals surface area (Å²) in [7, 11) is 0. The predicted molar refractivity (Wildman–Crippen MR) is 69.5 cm³/mol. The normalized spacial score (nSPS) is 33.9. The Morgan fingerprint density at radius 3 is 2.71 bits per heavy atom. The average Bonchev–Trinajstić information content (AvgIpc) is 2.29. The second-order valence-corrected chi connectivity index (χ2v) is 5.88. The standard InChI is InChI=1S/C15H23NO/c1-11(2)13-8-7-12(3)10-15(13,17)14-6-4-5-9-16-14/h4-6,9,11-13,17H,7-8,10H2,1-3H3/t12-,13+,15+/m1/s1. The first-order valence-corrected chi connectivity index (χ1v) is 6.68. The third kappa shape index (κ3) is 2.37. The predicted octanol–water partition coefficient (Wildman–Crippen LogP) is 3.36. The van der Waals surface area contributed by atoms with E-state index in [1.807, 2.05) is 18.2 Å². The van der Waals surface area contributed by atoms with Crippen LogP contribution < -0.4 is 0 Å². The molecule has 0 aliphatic heterocycles. The van der Waals surface area contributed by atoms with Gasteiger partial charge in [-0.15, -0.1) is 0 Å². The first-order chi connectivity index (χ1) is 8.04. The van der Waals surface area contributed by atoms with Crippen LogP contribution in [0.1, 0.15) is 45.7 Å². The highest BCUT2D eigenvalue weighted by atomic mass is 16.3. The fourth-order valence-electron chi connectivity index (χ4n) is 3.29. The Hall–Kier alpha value is -0.890. The molecule has 0 bridgehead atoms. The zero-order chi connectivity index (χ0) is 12.5. The van der Waals surface area contributed by atoms with E-state index in [0.29, 0.717) is 17.8 Å². The van der Waals surface area contributed by atoms with Crippen molar-refractivity contribution in [3.8, 4) is 0 Å². The van der Waals surface area contributed by atoms with E-state index in [4.69, 9.17) is 0 Å². The van der Waals surface area contributed by atoms with Crippen LogP contribution in [0.4, 0.5) is 0 Å². The van der Waals surface area contributed by atoms with E-state index in [9.17, 15) is 5.11 Å². The summed E-state index contributed by atoms with van der Waals surface area (Å²) >= 11 is 0. The van der Waals surface area contributed by atoms with Crippen molar-refractivity contribution in [3.63, 3.8) is 0 Å². The van der Waals surface area contributed by atoms with Gasteiger partial charge in [0.2, 0.25) is 0 Å². The third-order valence-corrected chi connectivity index (χ3v) is 4.16. The van der Waals surface area contributed by atoms with Gasteiger partial charge in [-0.3, -0.25) is 4.98 Å². The molecule has 1 aromatic rings. The summed E-state index contributed by atoms with van der Waals surface area (Å²) in [5.74, 6) is 1.40. The van der Waals surface area contributed by atoms with Crippen LogP contribution in [0.2, 0.25) is 0 Å². The van der Waals surface area contributed by atoms with Crippen molar-refractivity contribution >= 4 is 0 Å². The summed E-state index contributed by atoms with van der Waals surface area (Å²) in [6, 6.07) is 5.84. The summed E-state index contributed by atoms with van der Waals surface area (Å²) < 4.78 is 0. The molecule has 1 aromatic heterocycles. The lowest BCUT2D eigenvalue weighted by Gasteiger charge is -2.44. The molecular formula is C15H23NO. The van der Waals surface area contributed by atoms with Gasteiger partial charge < -0.3 is 5.11 Å². The molecule has 2 rings (SSSR count). The largest absolute Gasteiger partial charge is 0.383 e. The Morgan fingerprint density at radius 2 is 2.12 bits per heavy atom. The van der Waals surface area contributed by atoms with Crippen LogP contribution in [0.3, 0.4) is 0 Å². The number of rotatable bonds is 2. The van der Waals surface area contributed by atoms with Crippen molar-refractivity contribution < 1.29 is 5.11 Å². The molecular weight excluding hydrogens is 210 g/mol. The molecule has 0 radical (unpaired) electrons. The summed E-state index contributed by atoms with van der Waals surface area (Å²) in [6.45, 7) is 6.63. The quantitative estimate of drug-likeness (QED) is 0.849. The van der Waals surface area contributed by atoms with E-state index in [1.165, 1.54) is 6.42 Å². The molecule has 1 N–H and O–H groups in total. The number of hydrogen-bond donors (Lipinski definition) is 1. The molecule has 0 spiro atoms. The number of aromatic nitrogens is 1. The number of pyridine rings is 1. The zero-order valence-electron chi connectivity index (χ0n) is 11.1. The molecule has 1 fully saturated rings. The Balaban J connectivity index is 2.36. The lowest BCUT2D eigenvalue weighted by atomic mass is 9.65. The van der Waals surface area contributed by atoms with Gasteiger partial charge in [0.05, 0.1) is 5.69 Å². The molecule has 2 heteroatoms. The maximum absolute atomic E-state index is 11.1. The maximum atomic E-state index is 11.1. The van der Waals surface area contributed by atoms with Gasteiger partial charge in [-0.05, 0) is 42.7 Å². The molecule has 0 amide bonds. The molecule has 0 aromatic carbocycles. The van der Waals surface area contributed by atoms with Crippen LogP contribution in [0.25, 0.3) is 0 Å². The fourth-order valence-corrected chi connectivity index (χ4v) is 3.29. The van der Waals surface area contributed by atoms with Crippen LogP contribution >= 0.6 is 0 Å². The van der Waals surface area contributed by atoms with E-state index in [2.05, 4.69) is 25.8 Å². The van der Waals surface area contributed by atoms with Crippen molar-refractivity contribution in [3.05, 3.63) is 30.1 Å². The first kappa shape index (κ1) is 12.6. The molecule has 2 nitrogen and oxygen atoms in total. The molecule has 17 heavy (non-hydrogen) atoms. The second-order valence-electron chi connectivity index (χ2n) is 5.88. The van der Waals surface area contributed by atoms with Crippen molar-refractivity contribution in [1.29, 1.82) is 0 Å². The van der Waals surface area contributed by atoms with Crippen molar-refractivity contribution in [2.24, 2.45) is 17.8 Å². The van der Waals surface area contributed by atoms with Crippen molar-refractivity contribution in [2.75, 3.05) is 0 Å². The van der Waals surface area contributed by atoms with Crippen LogP contribution in [0.5, 0.6) is 0 Å². The smallest absolute Gasteiger partial charge is 0.110 e. The minimum absolute atomic E-state index is 0.327. The average molecular weight is 233 g/mol. The highest BCUT2D eigenvalue weighted by Crippen LogP contribution is 2.46. The topological polar surface area (TPSA) is 33.1 Å². The molecule has 94 valence electrons. The van der Waals surface area contributed by atoms with Gasteiger partial charge >= 0.3 is 0 Å². The van der Waals surface area contributed by atoms with Crippen LogP contribution in [0.15, 0.2) is 24.4 Å². The highest BCUT2D eigenvalue weighted by molar-refractivity contribution is 5.16. The SMILES string of the molecule is CC(C)[C@@H]1CC[C@@H](C)C[C@@]1(O)c1ccccn1. The monoisotopic (exact) mass is 233 g/mol. The van der Waals surface area contributed by atoms with Crippen LogP contribution in [-0.2, 0) is 5.60 Å². The van der Waals surface area contributed by atoms with E-state index in [1.54, 1.807) is 6.20 Å². The molecule has 1 aliphatic rings. The molecule has 0 saturated heterocycles. The summed E-state index contributed by atoms with van der Waals surface area (Å²) in [6.07, 6.45) is 4.95. The Kier molecular flexibility index (Phi) is 3.53. The van der Waals surface area contributed by atoms with Gasteiger partial charge in [0.25, 0.3) is 0 Å². The van der Waals surface area contributed by atoms with Gasteiger partial charge in [0.1, 0.15) is 5.60 Å². The van der Waals surface area contributed by atoms with Crippen LogP contribution in [0, 0.1) is 17.8 Å². The number of aliphatic hydroxyl groups is 1. The second kappa shape index (κ2) is 4.77. The van der Waals surface area contributed by atoms with E-state index < -0.39 is 5.60 Å². The van der Waals surface area contributed by atoms with Crippen molar-refractivity contribution in [1.82, 2.24) is 4.98 Å². The summed E-state index contributed by atoms with van der Waals surface area (Å²) in [5.41, 5.74) is 0.123. The minimum atomic E-state index is -0.729. The Morgan fingerprint density at radius 1 is 1.35 bits per heavy atom. The van der Waals surface area contributed by atoms with Gasteiger partial charge in [0, 0.05) is 6.20 Å². The van der Waals surface area contributed by atoms with Gasteiger partial charge in [-0.25, -0.2) is 0 Å². The minimum Gasteiger partial charge on any atom is -0.383 e. The van der Waals surface area contributed by atoms with Crippen molar-refractivity contribution in [2.45, 2.75) is 45.6 Å². The first-order valence-electron chi connectivity index (χ1n) is 6.68. The van der Waals surface area contributed by atoms with E-state index >= 15 is 0 Å². The fraction of sp³-hybridized carbons (Fsp3) is 0.667. The van der Waals surface area contributed by atoms with E-state index in [-0.39, 0.29) is 0 Å². The lowest BCUT2D eigenvalue weighted by molar-refractivity contribution is -0.0897. The van der Waals surface area contributed by atoms with Crippen LogP contribution in [-0.4, -0.2) is 10.1 Å². The lowest BCUT2D eigenvalue weighted by Crippen LogP contribution is -2.43. The maximum Gasteiger partial charge on any atom is 0.110 e. The summed E-state index contributed by atoms with van der Waals surface area (Å²) in [5, 5.41) is 11.1. The Labute approximate surface area is 104 Å². The molecule has 3 atom stereocenters. The van der Waals surface area contributed by atoms with E-state index in [0.717, 1.165) is 18.5 Å². The third-order valence-electron chi connectivity index (χ3n) is 4.16.